The minimum Gasteiger partial charge on any atom is -0.368 e. The maximum Gasteiger partial charge on any atom is 0.126 e. The van der Waals surface area contributed by atoms with E-state index in [1.807, 2.05) is 20.0 Å². The molecular weight excluding hydrogens is 263 g/mol. The van der Waals surface area contributed by atoms with Crippen LogP contribution in [-0.4, -0.2) is 19.6 Å². The summed E-state index contributed by atoms with van der Waals surface area (Å²) in [6, 6.07) is 4.55. The Morgan fingerprint density at radius 3 is 2.81 bits per heavy atom. The quantitative estimate of drug-likeness (QED) is 0.855. The fourth-order valence-corrected chi connectivity index (χ4v) is 3.38. The van der Waals surface area contributed by atoms with Crippen LogP contribution in [0.2, 0.25) is 0 Å². The summed E-state index contributed by atoms with van der Waals surface area (Å²) >= 11 is 0. The van der Waals surface area contributed by atoms with Crippen LogP contribution in [0.4, 0.5) is 10.1 Å². The molecule has 2 rings (SSSR count). The monoisotopic (exact) mass is 292 g/mol. The molecule has 1 aromatic carbocycles. The lowest BCUT2D eigenvalue weighted by Gasteiger charge is -2.39. The third kappa shape index (κ3) is 3.57. The molecular formula is C18H29FN2. The van der Waals surface area contributed by atoms with E-state index in [1.54, 1.807) is 6.07 Å². The summed E-state index contributed by atoms with van der Waals surface area (Å²) in [7, 11) is 1.94. The average Bonchev–Trinajstić information content (AvgIpc) is 2.50. The van der Waals surface area contributed by atoms with E-state index in [0.29, 0.717) is 6.04 Å². The summed E-state index contributed by atoms with van der Waals surface area (Å²) in [5, 5.41) is 3.26. The highest BCUT2D eigenvalue weighted by atomic mass is 19.1. The van der Waals surface area contributed by atoms with Gasteiger partial charge in [0.1, 0.15) is 5.82 Å². The van der Waals surface area contributed by atoms with Crippen molar-refractivity contribution in [3.8, 4) is 0 Å². The van der Waals surface area contributed by atoms with Gasteiger partial charge >= 0.3 is 0 Å². The lowest BCUT2D eigenvalue weighted by molar-refractivity contribution is 0.432. The number of nitrogens with zero attached hydrogens (tertiary/aromatic N) is 1. The number of piperidine rings is 1. The van der Waals surface area contributed by atoms with Crippen LogP contribution in [0.3, 0.4) is 0 Å². The van der Waals surface area contributed by atoms with Crippen LogP contribution in [0.1, 0.15) is 63.1 Å². The van der Waals surface area contributed by atoms with Crippen LogP contribution >= 0.6 is 0 Å². The summed E-state index contributed by atoms with van der Waals surface area (Å²) < 4.78 is 14.0. The molecule has 1 aromatic rings. The van der Waals surface area contributed by atoms with Crippen molar-refractivity contribution < 1.29 is 4.39 Å². The number of halogens is 1. The zero-order valence-corrected chi connectivity index (χ0v) is 13.9. The van der Waals surface area contributed by atoms with Crippen molar-refractivity contribution in [2.45, 2.75) is 65.0 Å². The molecule has 3 heteroatoms. The van der Waals surface area contributed by atoms with Crippen molar-refractivity contribution in [2.75, 3.05) is 18.5 Å². The van der Waals surface area contributed by atoms with Crippen molar-refractivity contribution in [3.63, 3.8) is 0 Å². The molecule has 0 amide bonds. The van der Waals surface area contributed by atoms with Gasteiger partial charge in [0.25, 0.3) is 0 Å². The average molecular weight is 292 g/mol. The largest absolute Gasteiger partial charge is 0.368 e. The van der Waals surface area contributed by atoms with E-state index < -0.39 is 0 Å². The topological polar surface area (TPSA) is 15.3 Å². The maximum atomic E-state index is 14.0. The molecule has 0 saturated carbocycles. The Labute approximate surface area is 128 Å². The van der Waals surface area contributed by atoms with Crippen LogP contribution < -0.4 is 10.2 Å². The van der Waals surface area contributed by atoms with Crippen LogP contribution in [0.25, 0.3) is 0 Å². The van der Waals surface area contributed by atoms with Gasteiger partial charge in [0.15, 0.2) is 0 Å². The predicted molar refractivity (Wildman–Crippen MR) is 88.5 cm³/mol. The first-order valence-corrected chi connectivity index (χ1v) is 8.32. The van der Waals surface area contributed by atoms with Crippen molar-refractivity contribution >= 4 is 5.69 Å². The highest BCUT2D eigenvalue weighted by Gasteiger charge is 2.25. The number of nitrogens with one attached hydrogen (secondary N) is 1. The molecule has 1 aliphatic rings. The van der Waals surface area contributed by atoms with Gasteiger partial charge in [-0.2, -0.15) is 0 Å². The minimum atomic E-state index is -0.0973. The van der Waals surface area contributed by atoms with Crippen molar-refractivity contribution in [1.29, 1.82) is 0 Å². The molecule has 2 unspecified atom stereocenters. The summed E-state index contributed by atoms with van der Waals surface area (Å²) in [6.07, 6.45) is 6.25. The molecule has 0 aliphatic carbocycles. The number of benzene rings is 1. The molecule has 1 aliphatic heterocycles. The highest BCUT2D eigenvalue weighted by Crippen LogP contribution is 2.34. The fourth-order valence-electron chi connectivity index (χ4n) is 3.38. The van der Waals surface area contributed by atoms with Gasteiger partial charge in [-0.15, -0.1) is 0 Å². The molecule has 0 radical (unpaired) electrons. The van der Waals surface area contributed by atoms with E-state index in [4.69, 9.17) is 0 Å². The predicted octanol–water partition coefficient (Wildman–Crippen LogP) is 4.57. The second-order valence-electron chi connectivity index (χ2n) is 6.30. The van der Waals surface area contributed by atoms with Crippen LogP contribution in [0, 0.1) is 12.7 Å². The van der Waals surface area contributed by atoms with Crippen LogP contribution in [0.15, 0.2) is 12.1 Å². The van der Waals surface area contributed by atoms with E-state index in [1.165, 1.54) is 37.8 Å². The number of anilines is 1. The normalized spacial score (nSPS) is 20.6. The van der Waals surface area contributed by atoms with E-state index in [0.717, 1.165) is 17.7 Å². The summed E-state index contributed by atoms with van der Waals surface area (Å²) in [6.45, 7) is 7.32. The van der Waals surface area contributed by atoms with E-state index in [-0.39, 0.29) is 11.9 Å². The highest BCUT2D eigenvalue weighted by molar-refractivity contribution is 5.58. The molecule has 2 nitrogen and oxygen atoms in total. The molecule has 118 valence electrons. The summed E-state index contributed by atoms with van der Waals surface area (Å²) in [4.78, 5) is 2.53. The number of hydrogen-bond donors (Lipinski definition) is 1. The molecule has 1 fully saturated rings. The van der Waals surface area contributed by atoms with Gasteiger partial charge in [0.2, 0.25) is 0 Å². The first-order chi connectivity index (χ1) is 10.1. The van der Waals surface area contributed by atoms with Gasteiger partial charge in [-0.1, -0.05) is 13.3 Å². The standard InChI is InChI=1S/C18H29FN2/c1-5-8-15-9-6-7-10-21(15)18-11-13(2)17(19)12-16(18)14(3)20-4/h11-12,14-15,20H,5-10H2,1-4H3. The zero-order chi connectivity index (χ0) is 15.4. The molecule has 1 heterocycles. The van der Waals surface area contributed by atoms with Gasteiger partial charge in [0, 0.05) is 24.3 Å². The Kier molecular flexibility index (Phi) is 5.63. The second-order valence-corrected chi connectivity index (χ2v) is 6.30. The molecule has 1 N–H and O–H groups in total. The van der Waals surface area contributed by atoms with Crippen LogP contribution in [-0.2, 0) is 0 Å². The van der Waals surface area contributed by atoms with Gasteiger partial charge in [0.05, 0.1) is 0 Å². The Morgan fingerprint density at radius 1 is 1.38 bits per heavy atom. The number of aryl methyl sites for hydroxylation is 1. The SMILES string of the molecule is CCCC1CCCCN1c1cc(C)c(F)cc1C(C)NC. The van der Waals surface area contributed by atoms with Gasteiger partial charge in [-0.25, -0.2) is 4.39 Å². The zero-order valence-electron chi connectivity index (χ0n) is 13.9. The molecule has 0 spiro atoms. The lowest BCUT2D eigenvalue weighted by atomic mass is 9.94. The fraction of sp³-hybridized carbons (Fsp3) is 0.667. The van der Waals surface area contributed by atoms with E-state index in [2.05, 4.69) is 24.1 Å². The van der Waals surface area contributed by atoms with E-state index in [9.17, 15) is 4.39 Å². The van der Waals surface area contributed by atoms with Crippen LogP contribution in [0.5, 0.6) is 0 Å². The third-order valence-electron chi connectivity index (χ3n) is 4.77. The molecule has 1 saturated heterocycles. The van der Waals surface area contributed by atoms with Gasteiger partial charge in [-0.05, 0) is 69.8 Å². The minimum absolute atomic E-state index is 0.0973. The molecule has 21 heavy (non-hydrogen) atoms. The Hall–Kier alpha value is -1.09. The summed E-state index contributed by atoms with van der Waals surface area (Å²) in [5.74, 6) is -0.0973. The van der Waals surface area contributed by atoms with Gasteiger partial charge < -0.3 is 10.2 Å². The first-order valence-electron chi connectivity index (χ1n) is 8.32. The number of hydrogen-bond acceptors (Lipinski definition) is 2. The Bertz CT molecular complexity index is 471. The third-order valence-corrected chi connectivity index (χ3v) is 4.77. The smallest absolute Gasteiger partial charge is 0.126 e. The number of rotatable bonds is 5. The van der Waals surface area contributed by atoms with Gasteiger partial charge in [-0.3, -0.25) is 0 Å². The Morgan fingerprint density at radius 2 is 2.14 bits per heavy atom. The molecule has 0 aromatic heterocycles. The van der Waals surface area contributed by atoms with Crippen molar-refractivity contribution in [1.82, 2.24) is 5.32 Å². The van der Waals surface area contributed by atoms with E-state index >= 15 is 0 Å². The van der Waals surface area contributed by atoms with Crippen molar-refractivity contribution in [3.05, 3.63) is 29.1 Å². The molecule has 0 bridgehead atoms. The first kappa shape index (κ1) is 16.3. The molecule has 2 atom stereocenters. The van der Waals surface area contributed by atoms with Crippen molar-refractivity contribution in [2.24, 2.45) is 0 Å². The summed E-state index contributed by atoms with van der Waals surface area (Å²) in [5.41, 5.74) is 3.07. The Balaban J connectivity index is 2.41. The second kappa shape index (κ2) is 7.26. The lowest BCUT2D eigenvalue weighted by Crippen LogP contribution is -2.40. The maximum absolute atomic E-state index is 14.0.